The van der Waals surface area contributed by atoms with Crippen molar-refractivity contribution in [3.8, 4) is 17.2 Å². The van der Waals surface area contributed by atoms with Crippen LogP contribution in [-0.4, -0.2) is 15.5 Å². The molecule has 0 atom stereocenters. The van der Waals surface area contributed by atoms with Gasteiger partial charge in [-0.05, 0) is 72.8 Å². The Hall–Kier alpha value is -4.29. The van der Waals surface area contributed by atoms with Crippen molar-refractivity contribution in [2.24, 2.45) is 0 Å². The number of halogens is 1. The van der Waals surface area contributed by atoms with Gasteiger partial charge in [0.25, 0.3) is 11.5 Å². The van der Waals surface area contributed by atoms with Gasteiger partial charge in [0.2, 0.25) is 0 Å². The SMILES string of the molecule is O=C(Nc1ccc(Oc2ccccc2)cc1)c1cc2ccc(=O)n(-c3ccc(Cl)cc3)c2[nH]1. The van der Waals surface area contributed by atoms with Gasteiger partial charge in [-0.15, -0.1) is 0 Å². The van der Waals surface area contributed by atoms with Crippen molar-refractivity contribution >= 4 is 34.2 Å². The van der Waals surface area contributed by atoms with Gasteiger partial charge in [-0.1, -0.05) is 29.8 Å². The van der Waals surface area contributed by atoms with E-state index in [0.717, 1.165) is 11.1 Å². The second-order valence-corrected chi connectivity index (χ2v) is 7.80. The van der Waals surface area contributed by atoms with E-state index in [-0.39, 0.29) is 11.5 Å². The molecular formula is C26H18ClN3O3. The highest BCUT2D eigenvalue weighted by Crippen LogP contribution is 2.24. The Labute approximate surface area is 194 Å². The molecular weight excluding hydrogens is 438 g/mol. The summed E-state index contributed by atoms with van der Waals surface area (Å²) < 4.78 is 7.29. The highest BCUT2D eigenvalue weighted by atomic mass is 35.5. The number of pyridine rings is 1. The number of anilines is 1. The van der Waals surface area contributed by atoms with E-state index in [1.54, 1.807) is 60.7 Å². The molecule has 0 aliphatic rings. The maximum Gasteiger partial charge on any atom is 0.272 e. The minimum absolute atomic E-state index is 0.215. The van der Waals surface area contributed by atoms with Crippen LogP contribution >= 0.6 is 11.6 Å². The van der Waals surface area contributed by atoms with E-state index >= 15 is 0 Å². The standard InChI is InChI=1S/C26H18ClN3O3/c27-18-7-11-20(12-8-18)30-24(31)15-6-17-16-23(29-25(17)30)26(32)28-19-9-13-22(14-10-19)33-21-4-2-1-3-5-21/h1-16,29H,(H,28,32). The molecule has 6 nitrogen and oxygen atoms in total. The van der Waals surface area contributed by atoms with Gasteiger partial charge in [-0.3, -0.25) is 14.2 Å². The summed E-state index contributed by atoms with van der Waals surface area (Å²) >= 11 is 5.97. The molecule has 0 saturated carbocycles. The number of carbonyl (C=O) groups is 1. The Morgan fingerprint density at radius 1 is 0.848 bits per heavy atom. The van der Waals surface area contributed by atoms with Crippen LogP contribution in [0.5, 0.6) is 11.5 Å². The van der Waals surface area contributed by atoms with Gasteiger partial charge in [-0.2, -0.15) is 0 Å². The molecule has 0 saturated heterocycles. The first-order valence-electron chi connectivity index (χ1n) is 10.2. The fourth-order valence-electron chi connectivity index (χ4n) is 3.52. The van der Waals surface area contributed by atoms with Crippen molar-refractivity contribution in [3.63, 3.8) is 0 Å². The van der Waals surface area contributed by atoms with Gasteiger partial charge in [0.15, 0.2) is 0 Å². The molecule has 2 N–H and O–H groups in total. The van der Waals surface area contributed by atoms with E-state index in [9.17, 15) is 9.59 Å². The van der Waals surface area contributed by atoms with E-state index in [2.05, 4.69) is 10.3 Å². The highest BCUT2D eigenvalue weighted by Gasteiger charge is 2.14. The maximum absolute atomic E-state index is 12.9. The zero-order valence-electron chi connectivity index (χ0n) is 17.3. The molecule has 0 bridgehead atoms. The number of hydrogen-bond donors (Lipinski definition) is 2. The Morgan fingerprint density at radius 3 is 2.27 bits per heavy atom. The van der Waals surface area contributed by atoms with Crippen LogP contribution in [0.15, 0.2) is 102 Å². The third kappa shape index (κ3) is 4.37. The number of fused-ring (bicyclic) bond motifs is 1. The van der Waals surface area contributed by atoms with Crippen molar-refractivity contribution in [1.29, 1.82) is 0 Å². The summed E-state index contributed by atoms with van der Waals surface area (Å²) in [5, 5.41) is 4.17. The van der Waals surface area contributed by atoms with Crippen LogP contribution in [0, 0.1) is 0 Å². The molecule has 5 aromatic rings. The topological polar surface area (TPSA) is 76.1 Å². The number of carbonyl (C=O) groups excluding carboxylic acids is 1. The monoisotopic (exact) mass is 455 g/mol. The van der Waals surface area contributed by atoms with Gasteiger partial charge in [0.05, 0.1) is 5.69 Å². The summed E-state index contributed by atoms with van der Waals surface area (Å²) in [4.78, 5) is 28.5. The van der Waals surface area contributed by atoms with Crippen molar-refractivity contribution < 1.29 is 9.53 Å². The summed E-state index contributed by atoms with van der Waals surface area (Å²) in [6, 6.07) is 28.4. The zero-order chi connectivity index (χ0) is 22.8. The maximum atomic E-state index is 12.9. The zero-order valence-corrected chi connectivity index (χ0v) is 18.0. The van der Waals surface area contributed by atoms with Crippen molar-refractivity contribution in [2.75, 3.05) is 5.32 Å². The molecule has 33 heavy (non-hydrogen) atoms. The number of rotatable bonds is 5. The van der Waals surface area contributed by atoms with E-state index in [1.807, 2.05) is 30.3 Å². The average molecular weight is 456 g/mol. The van der Waals surface area contributed by atoms with Crippen LogP contribution in [0.25, 0.3) is 16.7 Å². The lowest BCUT2D eigenvalue weighted by Crippen LogP contribution is -2.17. The number of H-pyrrole nitrogens is 1. The van der Waals surface area contributed by atoms with Crippen molar-refractivity contribution in [3.05, 3.63) is 118 Å². The van der Waals surface area contributed by atoms with Crippen molar-refractivity contribution in [2.45, 2.75) is 0 Å². The van der Waals surface area contributed by atoms with Crippen LogP contribution in [0.2, 0.25) is 5.02 Å². The molecule has 0 aliphatic carbocycles. The number of benzene rings is 3. The van der Waals surface area contributed by atoms with E-state index in [1.165, 1.54) is 10.6 Å². The normalized spacial score (nSPS) is 10.8. The minimum atomic E-state index is -0.321. The molecule has 2 heterocycles. The van der Waals surface area contributed by atoms with Gasteiger partial charge in [0.1, 0.15) is 22.8 Å². The van der Waals surface area contributed by atoms with Crippen molar-refractivity contribution in [1.82, 2.24) is 9.55 Å². The largest absolute Gasteiger partial charge is 0.457 e. The number of ether oxygens (including phenoxy) is 1. The number of aromatic amines is 1. The molecule has 0 fully saturated rings. The highest BCUT2D eigenvalue weighted by molar-refractivity contribution is 6.30. The molecule has 2 aromatic heterocycles. The number of aromatic nitrogens is 2. The Bertz CT molecular complexity index is 1490. The summed E-state index contributed by atoms with van der Waals surface area (Å²) in [5.74, 6) is 1.08. The van der Waals surface area contributed by atoms with Gasteiger partial charge in [0, 0.05) is 22.2 Å². The number of amides is 1. The molecule has 1 amide bonds. The smallest absolute Gasteiger partial charge is 0.272 e. The van der Waals surface area contributed by atoms with Crippen LogP contribution < -0.4 is 15.6 Å². The fraction of sp³-hybridized carbons (Fsp3) is 0. The van der Waals surface area contributed by atoms with Gasteiger partial charge >= 0.3 is 0 Å². The van der Waals surface area contributed by atoms with Crippen LogP contribution in [0.4, 0.5) is 5.69 Å². The Balaban J connectivity index is 1.38. The van der Waals surface area contributed by atoms with Gasteiger partial charge in [-0.25, -0.2) is 0 Å². The molecule has 0 unspecified atom stereocenters. The van der Waals surface area contributed by atoms with Crippen LogP contribution in [-0.2, 0) is 0 Å². The Kier molecular flexibility index (Phi) is 5.42. The second-order valence-electron chi connectivity index (χ2n) is 7.36. The second kappa shape index (κ2) is 8.68. The van der Waals surface area contributed by atoms with Gasteiger partial charge < -0.3 is 15.0 Å². The lowest BCUT2D eigenvalue weighted by Gasteiger charge is -2.08. The third-order valence-electron chi connectivity index (χ3n) is 5.10. The number of nitrogens with one attached hydrogen (secondary N) is 2. The summed E-state index contributed by atoms with van der Waals surface area (Å²) in [5.41, 5.74) is 1.92. The summed E-state index contributed by atoms with van der Waals surface area (Å²) in [6.45, 7) is 0. The predicted molar refractivity (Wildman–Crippen MR) is 130 cm³/mol. The van der Waals surface area contributed by atoms with E-state index in [4.69, 9.17) is 16.3 Å². The summed E-state index contributed by atoms with van der Waals surface area (Å²) in [7, 11) is 0. The molecule has 3 aromatic carbocycles. The molecule has 162 valence electrons. The van der Waals surface area contributed by atoms with E-state index < -0.39 is 0 Å². The fourth-order valence-corrected chi connectivity index (χ4v) is 3.64. The average Bonchev–Trinajstić information content (AvgIpc) is 3.26. The first kappa shape index (κ1) is 20.6. The number of hydrogen-bond acceptors (Lipinski definition) is 3. The predicted octanol–water partition coefficient (Wildman–Crippen LogP) is 6.02. The van der Waals surface area contributed by atoms with Crippen LogP contribution in [0.1, 0.15) is 10.5 Å². The molecule has 0 spiro atoms. The molecule has 0 aliphatic heterocycles. The number of nitrogens with zero attached hydrogens (tertiary/aromatic N) is 1. The first-order chi connectivity index (χ1) is 16.1. The molecule has 0 radical (unpaired) electrons. The first-order valence-corrected chi connectivity index (χ1v) is 10.6. The quantitative estimate of drug-likeness (QED) is 0.340. The minimum Gasteiger partial charge on any atom is -0.457 e. The summed E-state index contributed by atoms with van der Waals surface area (Å²) in [6.07, 6.45) is 0. The lowest BCUT2D eigenvalue weighted by atomic mass is 10.2. The van der Waals surface area contributed by atoms with E-state index in [0.29, 0.717) is 33.5 Å². The Morgan fingerprint density at radius 2 is 1.55 bits per heavy atom. The third-order valence-corrected chi connectivity index (χ3v) is 5.35. The lowest BCUT2D eigenvalue weighted by molar-refractivity contribution is 0.102. The van der Waals surface area contributed by atoms with Crippen LogP contribution in [0.3, 0.4) is 0 Å². The molecule has 5 rings (SSSR count). The molecule has 7 heteroatoms. The number of para-hydroxylation sites is 1.